The van der Waals surface area contributed by atoms with Crippen molar-refractivity contribution in [2.24, 2.45) is 0 Å². The molecule has 8 heteroatoms. The van der Waals surface area contributed by atoms with E-state index in [2.05, 4.69) is 20.8 Å². The lowest BCUT2D eigenvalue weighted by molar-refractivity contribution is 0.0527. The van der Waals surface area contributed by atoms with E-state index in [1.54, 1.807) is 67.6 Å². The highest BCUT2D eigenvalue weighted by atomic mass is 35.5. The molecular weight excluding hydrogens is 380 g/mol. The highest BCUT2D eigenvalue weighted by molar-refractivity contribution is 6.34. The monoisotopic (exact) mass is 396 g/mol. The topological polar surface area (TPSA) is 93.2 Å². The zero-order valence-electron chi connectivity index (χ0n) is 15.0. The fourth-order valence-corrected chi connectivity index (χ4v) is 2.63. The molecule has 0 radical (unpaired) electrons. The summed E-state index contributed by atoms with van der Waals surface area (Å²) in [5, 5.41) is 14.0. The van der Waals surface area contributed by atoms with Crippen molar-refractivity contribution < 1.29 is 14.3 Å². The second kappa shape index (κ2) is 8.96. The van der Waals surface area contributed by atoms with Gasteiger partial charge in [0.2, 0.25) is 0 Å². The molecule has 1 amide bonds. The van der Waals surface area contributed by atoms with Crippen LogP contribution in [0, 0.1) is 0 Å². The third-order valence-electron chi connectivity index (χ3n) is 3.71. The van der Waals surface area contributed by atoms with Gasteiger partial charge in [0.1, 0.15) is 0 Å². The summed E-state index contributed by atoms with van der Waals surface area (Å²) in [6, 6.07) is 16.9. The summed E-state index contributed by atoms with van der Waals surface area (Å²) in [6.45, 7) is 2.03. The van der Waals surface area contributed by atoms with E-state index in [0.29, 0.717) is 27.7 Å². The van der Waals surface area contributed by atoms with Gasteiger partial charge in [0.05, 0.1) is 28.4 Å². The van der Waals surface area contributed by atoms with Gasteiger partial charge >= 0.3 is 5.97 Å². The molecule has 28 heavy (non-hydrogen) atoms. The lowest BCUT2D eigenvalue weighted by Crippen LogP contribution is -2.14. The Hall–Kier alpha value is -3.45. The number of hydrogen-bond donors (Lipinski definition) is 2. The standard InChI is InChI=1S/C20H17ClN4O3/c1-2-28-20(27)14-8-4-6-10-16(14)22-17-11-12-18(25-24-17)23-19(26)13-7-3-5-9-15(13)21/h3-12H,2H2,1H3,(H,22,24)(H,23,25,26). The van der Waals surface area contributed by atoms with Gasteiger partial charge < -0.3 is 15.4 Å². The first-order valence-electron chi connectivity index (χ1n) is 8.51. The maximum absolute atomic E-state index is 12.3. The average molecular weight is 397 g/mol. The van der Waals surface area contributed by atoms with Gasteiger partial charge in [-0.05, 0) is 43.3 Å². The molecule has 1 heterocycles. The van der Waals surface area contributed by atoms with Crippen LogP contribution in [-0.2, 0) is 4.74 Å². The molecule has 7 nitrogen and oxygen atoms in total. The van der Waals surface area contributed by atoms with Gasteiger partial charge in [0, 0.05) is 0 Å². The first kappa shape index (κ1) is 19.3. The highest BCUT2D eigenvalue weighted by Crippen LogP contribution is 2.21. The Morgan fingerprint density at radius 2 is 1.57 bits per heavy atom. The number of rotatable bonds is 6. The molecule has 2 aromatic carbocycles. The van der Waals surface area contributed by atoms with Crippen LogP contribution in [0.5, 0.6) is 0 Å². The average Bonchev–Trinajstić information content (AvgIpc) is 2.70. The van der Waals surface area contributed by atoms with E-state index in [1.807, 2.05) is 0 Å². The van der Waals surface area contributed by atoms with Crippen LogP contribution in [0.15, 0.2) is 60.7 Å². The number of para-hydroxylation sites is 1. The first-order valence-corrected chi connectivity index (χ1v) is 8.89. The number of esters is 1. The summed E-state index contributed by atoms with van der Waals surface area (Å²) in [7, 11) is 0. The van der Waals surface area contributed by atoms with Crippen molar-refractivity contribution >= 4 is 40.8 Å². The Morgan fingerprint density at radius 1 is 0.929 bits per heavy atom. The molecular formula is C20H17ClN4O3. The number of nitrogens with one attached hydrogen (secondary N) is 2. The maximum atomic E-state index is 12.3. The number of amides is 1. The number of ether oxygens (including phenoxy) is 1. The number of carbonyl (C=O) groups excluding carboxylic acids is 2. The van der Waals surface area contributed by atoms with Gasteiger partial charge in [-0.15, -0.1) is 10.2 Å². The lowest BCUT2D eigenvalue weighted by Gasteiger charge is -2.11. The van der Waals surface area contributed by atoms with Crippen molar-refractivity contribution in [1.82, 2.24) is 10.2 Å². The molecule has 0 atom stereocenters. The Morgan fingerprint density at radius 3 is 2.25 bits per heavy atom. The summed E-state index contributed by atoms with van der Waals surface area (Å²) >= 11 is 6.02. The van der Waals surface area contributed by atoms with Crippen LogP contribution in [0.3, 0.4) is 0 Å². The van der Waals surface area contributed by atoms with E-state index >= 15 is 0 Å². The minimum Gasteiger partial charge on any atom is -0.462 e. The van der Waals surface area contributed by atoms with Gasteiger partial charge in [0.15, 0.2) is 11.6 Å². The second-order valence-corrected chi connectivity index (χ2v) is 6.04. The van der Waals surface area contributed by atoms with E-state index in [1.165, 1.54) is 0 Å². The van der Waals surface area contributed by atoms with Gasteiger partial charge in [-0.1, -0.05) is 35.9 Å². The fourth-order valence-electron chi connectivity index (χ4n) is 2.41. The Kier molecular flexibility index (Phi) is 6.18. The van der Waals surface area contributed by atoms with Gasteiger partial charge in [-0.3, -0.25) is 4.79 Å². The minimum absolute atomic E-state index is 0.272. The molecule has 0 aliphatic rings. The molecule has 0 aliphatic carbocycles. The number of carbonyl (C=O) groups is 2. The zero-order valence-corrected chi connectivity index (χ0v) is 15.7. The maximum Gasteiger partial charge on any atom is 0.340 e. The van der Waals surface area contributed by atoms with Crippen molar-refractivity contribution in [2.45, 2.75) is 6.92 Å². The predicted octanol–water partition coefficient (Wildman–Crippen LogP) is 4.30. The van der Waals surface area contributed by atoms with E-state index in [4.69, 9.17) is 16.3 Å². The number of nitrogens with zero attached hydrogens (tertiary/aromatic N) is 2. The molecule has 142 valence electrons. The molecule has 1 aromatic heterocycles. The summed E-state index contributed by atoms with van der Waals surface area (Å²) in [5.74, 6) is -0.128. The molecule has 0 spiro atoms. The molecule has 0 bridgehead atoms. The van der Waals surface area contributed by atoms with Crippen LogP contribution >= 0.6 is 11.6 Å². The smallest absolute Gasteiger partial charge is 0.340 e. The molecule has 3 aromatic rings. The Labute approximate surface area is 166 Å². The third kappa shape index (κ3) is 4.63. The molecule has 0 fully saturated rings. The summed E-state index contributed by atoms with van der Waals surface area (Å²) in [5.41, 5.74) is 1.28. The number of halogens is 1. The molecule has 0 saturated carbocycles. The van der Waals surface area contributed by atoms with Crippen LogP contribution in [-0.4, -0.2) is 28.7 Å². The number of hydrogen-bond acceptors (Lipinski definition) is 6. The number of anilines is 3. The zero-order chi connectivity index (χ0) is 19.9. The SMILES string of the molecule is CCOC(=O)c1ccccc1Nc1ccc(NC(=O)c2ccccc2Cl)nn1. The quantitative estimate of drug-likeness (QED) is 0.603. The fraction of sp³-hybridized carbons (Fsp3) is 0.100. The largest absolute Gasteiger partial charge is 0.462 e. The number of aromatic nitrogens is 2. The first-order chi connectivity index (χ1) is 13.6. The minimum atomic E-state index is -0.429. The van der Waals surface area contributed by atoms with Crippen LogP contribution in [0.4, 0.5) is 17.3 Å². The van der Waals surface area contributed by atoms with Crippen LogP contribution in [0.1, 0.15) is 27.6 Å². The Balaban J connectivity index is 1.71. The second-order valence-electron chi connectivity index (χ2n) is 5.63. The normalized spacial score (nSPS) is 10.2. The van der Waals surface area contributed by atoms with Crippen LogP contribution in [0.2, 0.25) is 5.02 Å². The predicted molar refractivity (Wildman–Crippen MR) is 107 cm³/mol. The van der Waals surface area contributed by atoms with Crippen LogP contribution in [0.25, 0.3) is 0 Å². The Bertz CT molecular complexity index is 993. The van der Waals surface area contributed by atoms with E-state index in [0.717, 1.165) is 0 Å². The van der Waals surface area contributed by atoms with Crippen molar-refractivity contribution in [3.8, 4) is 0 Å². The molecule has 3 rings (SSSR count). The van der Waals surface area contributed by atoms with Crippen molar-refractivity contribution in [1.29, 1.82) is 0 Å². The van der Waals surface area contributed by atoms with Crippen LogP contribution < -0.4 is 10.6 Å². The van der Waals surface area contributed by atoms with E-state index in [9.17, 15) is 9.59 Å². The van der Waals surface area contributed by atoms with E-state index in [-0.39, 0.29) is 18.3 Å². The van der Waals surface area contributed by atoms with Gasteiger partial charge in [-0.2, -0.15) is 0 Å². The molecule has 0 aliphatic heterocycles. The third-order valence-corrected chi connectivity index (χ3v) is 4.04. The number of benzene rings is 2. The summed E-state index contributed by atoms with van der Waals surface area (Å²) in [4.78, 5) is 24.3. The lowest BCUT2D eigenvalue weighted by atomic mass is 10.2. The van der Waals surface area contributed by atoms with E-state index < -0.39 is 5.97 Å². The molecule has 2 N–H and O–H groups in total. The molecule has 0 unspecified atom stereocenters. The van der Waals surface area contributed by atoms with Crippen molar-refractivity contribution in [3.05, 3.63) is 76.8 Å². The van der Waals surface area contributed by atoms with Crippen molar-refractivity contribution in [3.63, 3.8) is 0 Å². The molecule has 0 saturated heterocycles. The van der Waals surface area contributed by atoms with Crippen molar-refractivity contribution in [2.75, 3.05) is 17.2 Å². The summed E-state index contributed by atoms with van der Waals surface area (Å²) in [6.07, 6.45) is 0. The van der Waals surface area contributed by atoms with Gasteiger partial charge in [-0.25, -0.2) is 4.79 Å². The highest BCUT2D eigenvalue weighted by Gasteiger charge is 2.13. The summed E-state index contributed by atoms with van der Waals surface area (Å²) < 4.78 is 5.05. The van der Waals surface area contributed by atoms with Gasteiger partial charge in [0.25, 0.3) is 5.91 Å².